The molecule has 2 heterocycles. The van der Waals surface area contributed by atoms with Gasteiger partial charge in [-0.3, -0.25) is 0 Å². The van der Waals surface area contributed by atoms with Crippen molar-refractivity contribution in [3.63, 3.8) is 0 Å². The Morgan fingerprint density at radius 3 is 3.05 bits per heavy atom. The molecule has 2 rings (SSSR count). The molecule has 0 spiro atoms. The van der Waals surface area contributed by atoms with Crippen molar-refractivity contribution in [2.24, 2.45) is 0 Å². The second-order valence-corrected chi connectivity index (χ2v) is 5.41. The first-order valence-electron chi connectivity index (χ1n) is 6.86. The standard InChI is InChI=1S/C13H21BrN4O/c1-3-5-15-12-11(14)13(17-9-16-12)18-6-7-19-8-10(18)4-2/h9-10H,3-8H2,1-2H3,(H,15,16,17). The first-order chi connectivity index (χ1) is 9.27. The van der Waals surface area contributed by atoms with Gasteiger partial charge in [0, 0.05) is 13.1 Å². The van der Waals surface area contributed by atoms with Crippen molar-refractivity contribution in [2.45, 2.75) is 32.7 Å². The van der Waals surface area contributed by atoms with Crippen LogP contribution in [0.3, 0.4) is 0 Å². The van der Waals surface area contributed by atoms with Gasteiger partial charge in [-0.25, -0.2) is 9.97 Å². The quantitative estimate of drug-likeness (QED) is 0.900. The van der Waals surface area contributed by atoms with Crippen LogP contribution < -0.4 is 10.2 Å². The third-order valence-electron chi connectivity index (χ3n) is 3.28. The highest BCUT2D eigenvalue weighted by Gasteiger charge is 2.25. The average molecular weight is 329 g/mol. The van der Waals surface area contributed by atoms with E-state index in [9.17, 15) is 0 Å². The molecule has 1 aliphatic rings. The van der Waals surface area contributed by atoms with Crippen molar-refractivity contribution in [3.05, 3.63) is 10.8 Å². The van der Waals surface area contributed by atoms with Gasteiger partial charge in [-0.05, 0) is 28.8 Å². The average Bonchev–Trinajstić information content (AvgIpc) is 2.46. The Bertz CT molecular complexity index is 416. The molecule has 1 saturated heterocycles. The Kier molecular flexibility index (Phi) is 5.39. The molecule has 0 aliphatic carbocycles. The predicted molar refractivity (Wildman–Crippen MR) is 80.8 cm³/mol. The lowest BCUT2D eigenvalue weighted by atomic mass is 10.2. The Balaban J connectivity index is 2.22. The van der Waals surface area contributed by atoms with Crippen LogP contribution in [0, 0.1) is 0 Å². The molecule has 0 amide bonds. The van der Waals surface area contributed by atoms with Gasteiger partial charge in [0.05, 0.1) is 19.3 Å². The lowest BCUT2D eigenvalue weighted by Gasteiger charge is -2.36. The van der Waals surface area contributed by atoms with Gasteiger partial charge in [-0.1, -0.05) is 13.8 Å². The Hall–Kier alpha value is -0.880. The largest absolute Gasteiger partial charge is 0.377 e. The zero-order valence-corrected chi connectivity index (χ0v) is 13.1. The fourth-order valence-electron chi connectivity index (χ4n) is 2.20. The van der Waals surface area contributed by atoms with Crippen molar-refractivity contribution in [2.75, 3.05) is 36.5 Å². The predicted octanol–water partition coefficient (Wildman–Crippen LogP) is 2.68. The minimum absolute atomic E-state index is 0.388. The van der Waals surface area contributed by atoms with E-state index in [1.807, 2.05) is 0 Å². The van der Waals surface area contributed by atoms with Crippen LogP contribution in [-0.4, -0.2) is 42.3 Å². The van der Waals surface area contributed by atoms with Crippen molar-refractivity contribution in [1.82, 2.24) is 9.97 Å². The monoisotopic (exact) mass is 328 g/mol. The normalized spacial score (nSPS) is 19.5. The molecule has 5 nitrogen and oxygen atoms in total. The van der Waals surface area contributed by atoms with E-state index in [2.05, 4.69) is 50.0 Å². The number of morpholine rings is 1. The molecule has 0 saturated carbocycles. The Morgan fingerprint density at radius 1 is 1.47 bits per heavy atom. The number of ether oxygens (including phenoxy) is 1. The van der Waals surface area contributed by atoms with E-state index in [-0.39, 0.29) is 0 Å². The zero-order valence-electron chi connectivity index (χ0n) is 11.5. The summed E-state index contributed by atoms with van der Waals surface area (Å²) in [6, 6.07) is 0.388. The van der Waals surface area contributed by atoms with Gasteiger partial charge in [0.15, 0.2) is 0 Å². The molecule has 106 valence electrons. The number of anilines is 2. The van der Waals surface area contributed by atoms with E-state index in [1.165, 1.54) is 0 Å². The van der Waals surface area contributed by atoms with Crippen molar-refractivity contribution in [1.29, 1.82) is 0 Å². The molecular formula is C13H21BrN4O. The van der Waals surface area contributed by atoms with Crippen molar-refractivity contribution in [3.8, 4) is 0 Å². The summed E-state index contributed by atoms with van der Waals surface area (Å²) in [5.74, 6) is 1.83. The highest BCUT2D eigenvalue weighted by molar-refractivity contribution is 9.10. The molecule has 1 fully saturated rings. The minimum atomic E-state index is 0.388. The van der Waals surface area contributed by atoms with Crippen LogP contribution in [0.25, 0.3) is 0 Å². The van der Waals surface area contributed by atoms with Crippen molar-refractivity contribution < 1.29 is 4.74 Å². The maximum atomic E-state index is 5.54. The number of halogens is 1. The highest BCUT2D eigenvalue weighted by Crippen LogP contribution is 2.31. The molecule has 1 aliphatic heterocycles. The van der Waals surface area contributed by atoms with Crippen LogP contribution in [0.4, 0.5) is 11.6 Å². The van der Waals surface area contributed by atoms with Gasteiger partial charge in [-0.2, -0.15) is 0 Å². The summed E-state index contributed by atoms with van der Waals surface area (Å²) in [6.07, 6.45) is 3.75. The number of hydrogen-bond donors (Lipinski definition) is 1. The Morgan fingerprint density at radius 2 is 2.32 bits per heavy atom. The molecule has 0 bridgehead atoms. The van der Waals surface area contributed by atoms with E-state index >= 15 is 0 Å². The Labute approximate surface area is 122 Å². The van der Waals surface area contributed by atoms with E-state index < -0.39 is 0 Å². The summed E-state index contributed by atoms with van der Waals surface area (Å²) in [7, 11) is 0. The number of nitrogens with one attached hydrogen (secondary N) is 1. The van der Waals surface area contributed by atoms with Gasteiger partial charge >= 0.3 is 0 Å². The minimum Gasteiger partial charge on any atom is -0.377 e. The number of hydrogen-bond acceptors (Lipinski definition) is 5. The number of rotatable bonds is 5. The third kappa shape index (κ3) is 3.36. The topological polar surface area (TPSA) is 50.3 Å². The molecule has 0 radical (unpaired) electrons. The molecule has 1 unspecified atom stereocenters. The lowest BCUT2D eigenvalue weighted by Crippen LogP contribution is -2.45. The molecule has 19 heavy (non-hydrogen) atoms. The molecule has 1 N–H and O–H groups in total. The molecule has 1 aromatic heterocycles. The van der Waals surface area contributed by atoms with Gasteiger partial charge in [-0.15, -0.1) is 0 Å². The van der Waals surface area contributed by atoms with Gasteiger partial charge in [0.1, 0.15) is 22.4 Å². The van der Waals surface area contributed by atoms with Crippen molar-refractivity contribution >= 4 is 27.6 Å². The molecule has 1 aromatic rings. The highest BCUT2D eigenvalue weighted by atomic mass is 79.9. The van der Waals surface area contributed by atoms with Crippen LogP contribution in [0.15, 0.2) is 10.8 Å². The lowest BCUT2D eigenvalue weighted by molar-refractivity contribution is 0.0925. The molecular weight excluding hydrogens is 308 g/mol. The van der Waals surface area contributed by atoms with E-state index in [1.54, 1.807) is 6.33 Å². The van der Waals surface area contributed by atoms with E-state index in [0.717, 1.165) is 55.3 Å². The van der Waals surface area contributed by atoms with E-state index in [4.69, 9.17) is 4.74 Å². The summed E-state index contributed by atoms with van der Waals surface area (Å²) in [5.41, 5.74) is 0. The van der Waals surface area contributed by atoms with Crippen LogP contribution >= 0.6 is 15.9 Å². The summed E-state index contributed by atoms with van der Waals surface area (Å²) in [5, 5.41) is 3.32. The molecule has 0 aromatic carbocycles. The van der Waals surface area contributed by atoms with Crippen LogP contribution in [-0.2, 0) is 4.74 Å². The molecule has 1 atom stereocenters. The summed E-state index contributed by atoms with van der Waals surface area (Å²) >= 11 is 3.63. The summed E-state index contributed by atoms with van der Waals surface area (Å²) in [6.45, 7) is 7.63. The van der Waals surface area contributed by atoms with Crippen LogP contribution in [0.2, 0.25) is 0 Å². The van der Waals surface area contributed by atoms with Gasteiger partial charge in [0.25, 0.3) is 0 Å². The first-order valence-corrected chi connectivity index (χ1v) is 7.66. The number of nitrogens with zero attached hydrogens (tertiary/aromatic N) is 3. The summed E-state index contributed by atoms with van der Waals surface area (Å²) < 4.78 is 6.49. The molecule has 6 heteroatoms. The van der Waals surface area contributed by atoms with Gasteiger partial charge in [0.2, 0.25) is 0 Å². The van der Waals surface area contributed by atoms with Crippen LogP contribution in [0.1, 0.15) is 26.7 Å². The second kappa shape index (κ2) is 7.05. The van der Waals surface area contributed by atoms with Gasteiger partial charge < -0.3 is 15.0 Å². The second-order valence-electron chi connectivity index (χ2n) is 4.62. The third-order valence-corrected chi connectivity index (χ3v) is 4.01. The van der Waals surface area contributed by atoms with E-state index in [0.29, 0.717) is 6.04 Å². The number of aromatic nitrogens is 2. The first kappa shape index (κ1) is 14.5. The SMILES string of the molecule is CCCNc1ncnc(N2CCOCC2CC)c1Br. The maximum absolute atomic E-state index is 5.54. The maximum Gasteiger partial charge on any atom is 0.148 e. The smallest absolute Gasteiger partial charge is 0.148 e. The summed E-state index contributed by atoms with van der Waals surface area (Å²) in [4.78, 5) is 11.0. The fraction of sp³-hybridized carbons (Fsp3) is 0.692. The zero-order chi connectivity index (χ0) is 13.7. The fourth-order valence-corrected chi connectivity index (χ4v) is 2.77. The van der Waals surface area contributed by atoms with Crippen LogP contribution in [0.5, 0.6) is 0 Å².